The van der Waals surface area contributed by atoms with Crippen LogP contribution in [0, 0.1) is 18.3 Å². The Morgan fingerprint density at radius 2 is 1.72 bits per heavy atom. The number of aryl methyl sites for hydroxylation is 1. The number of nitrogens with zero attached hydrogens (tertiary/aromatic N) is 2. The summed E-state index contributed by atoms with van der Waals surface area (Å²) < 4.78 is 75.6. The highest BCUT2D eigenvalue weighted by molar-refractivity contribution is 5.38. The summed E-state index contributed by atoms with van der Waals surface area (Å²) in [6.45, 7) is 1.03. The standard InChI is InChI=1S/C10H6F6N2/c1-5-4-7(9(11,12)13)6(2-3-17)8(18-5)10(14,15)16/h4H,2H2,1H3. The van der Waals surface area contributed by atoms with Crippen LogP contribution in [0.3, 0.4) is 0 Å². The molecule has 98 valence electrons. The number of alkyl halides is 6. The minimum Gasteiger partial charge on any atom is -0.248 e. The third kappa shape index (κ3) is 2.91. The summed E-state index contributed by atoms with van der Waals surface area (Å²) in [5.41, 5.74) is -4.67. The molecule has 0 amide bonds. The van der Waals surface area contributed by atoms with E-state index in [-0.39, 0.29) is 0 Å². The van der Waals surface area contributed by atoms with E-state index in [4.69, 9.17) is 5.26 Å². The predicted molar refractivity (Wildman–Crippen MR) is 48.3 cm³/mol. The van der Waals surface area contributed by atoms with Crippen molar-refractivity contribution in [2.24, 2.45) is 0 Å². The molecule has 0 aliphatic heterocycles. The third-order valence-electron chi connectivity index (χ3n) is 2.08. The zero-order valence-electron chi connectivity index (χ0n) is 8.95. The molecule has 1 aromatic rings. The number of rotatable bonds is 1. The Hall–Kier alpha value is -1.78. The van der Waals surface area contributed by atoms with Crippen molar-refractivity contribution in [1.82, 2.24) is 4.98 Å². The summed E-state index contributed by atoms with van der Waals surface area (Å²) in [4.78, 5) is 3.06. The quantitative estimate of drug-likeness (QED) is 0.731. The van der Waals surface area contributed by atoms with Crippen LogP contribution < -0.4 is 0 Å². The first-order valence-electron chi connectivity index (χ1n) is 4.59. The second-order valence-corrected chi connectivity index (χ2v) is 3.47. The lowest BCUT2D eigenvalue weighted by Crippen LogP contribution is -2.19. The first kappa shape index (κ1) is 14.3. The second-order valence-electron chi connectivity index (χ2n) is 3.47. The van der Waals surface area contributed by atoms with Gasteiger partial charge >= 0.3 is 12.4 Å². The molecule has 0 aliphatic carbocycles. The minimum atomic E-state index is -5.03. The lowest BCUT2D eigenvalue weighted by atomic mass is 10.0. The maximum absolute atomic E-state index is 12.6. The van der Waals surface area contributed by atoms with Crippen molar-refractivity contribution in [3.8, 4) is 6.07 Å². The summed E-state index contributed by atoms with van der Waals surface area (Å²) in [6.07, 6.45) is -11.0. The van der Waals surface area contributed by atoms with Gasteiger partial charge < -0.3 is 0 Å². The van der Waals surface area contributed by atoms with Gasteiger partial charge in [0.15, 0.2) is 0 Å². The van der Waals surface area contributed by atoms with E-state index in [2.05, 4.69) is 4.98 Å². The fourth-order valence-corrected chi connectivity index (χ4v) is 1.45. The molecule has 0 N–H and O–H groups in total. The second kappa shape index (κ2) is 4.48. The molecule has 1 aromatic heterocycles. The molecular weight excluding hydrogens is 262 g/mol. The van der Waals surface area contributed by atoms with Gasteiger partial charge in [0.25, 0.3) is 0 Å². The van der Waals surface area contributed by atoms with E-state index in [1.165, 1.54) is 6.07 Å². The molecule has 18 heavy (non-hydrogen) atoms. The van der Waals surface area contributed by atoms with Crippen molar-refractivity contribution < 1.29 is 26.3 Å². The van der Waals surface area contributed by atoms with Gasteiger partial charge in [0.2, 0.25) is 0 Å². The van der Waals surface area contributed by atoms with Crippen LogP contribution in [0.5, 0.6) is 0 Å². The van der Waals surface area contributed by atoms with E-state index < -0.39 is 41.3 Å². The summed E-state index contributed by atoms with van der Waals surface area (Å²) in [7, 11) is 0. The Kier molecular flexibility index (Phi) is 3.55. The molecule has 0 bridgehead atoms. The average Bonchev–Trinajstić information content (AvgIpc) is 2.17. The van der Waals surface area contributed by atoms with E-state index in [1.807, 2.05) is 0 Å². The first-order chi connectivity index (χ1) is 8.07. The van der Waals surface area contributed by atoms with Crippen LogP contribution in [0.2, 0.25) is 0 Å². The summed E-state index contributed by atoms with van der Waals surface area (Å²) in [5, 5.41) is 8.36. The molecule has 0 unspecified atom stereocenters. The van der Waals surface area contributed by atoms with Crippen LogP contribution in [0.4, 0.5) is 26.3 Å². The molecule has 0 fully saturated rings. The van der Waals surface area contributed by atoms with Crippen LogP contribution in [-0.2, 0) is 18.8 Å². The third-order valence-corrected chi connectivity index (χ3v) is 2.08. The fourth-order valence-electron chi connectivity index (χ4n) is 1.45. The van der Waals surface area contributed by atoms with Gasteiger partial charge in [-0.3, -0.25) is 0 Å². The Bertz CT molecular complexity index is 460. The van der Waals surface area contributed by atoms with Crippen LogP contribution in [0.1, 0.15) is 22.5 Å². The molecule has 0 spiro atoms. The molecule has 8 heteroatoms. The van der Waals surface area contributed by atoms with Gasteiger partial charge in [-0.15, -0.1) is 0 Å². The Balaban J connectivity index is 3.63. The highest BCUT2D eigenvalue weighted by Crippen LogP contribution is 2.38. The van der Waals surface area contributed by atoms with E-state index in [9.17, 15) is 26.3 Å². The van der Waals surface area contributed by atoms with Crippen molar-refractivity contribution >= 4 is 0 Å². The van der Waals surface area contributed by atoms with Crippen LogP contribution in [0.25, 0.3) is 0 Å². The van der Waals surface area contributed by atoms with Gasteiger partial charge in [0, 0.05) is 11.3 Å². The van der Waals surface area contributed by atoms with Gasteiger partial charge in [0.1, 0.15) is 5.69 Å². The fraction of sp³-hybridized carbons (Fsp3) is 0.400. The molecule has 1 rings (SSSR count). The molecule has 0 aliphatic rings. The van der Waals surface area contributed by atoms with Gasteiger partial charge in [-0.2, -0.15) is 31.6 Å². The molecule has 0 radical (unpaired) electrons. The normalized spacial score (nSPS) is 12.3. The zero-order valence-corrected chi connectivity index (χ0v) is 8.95. The number of pyridine rings is 1. The molecule has 0 saturated heterocycles. The molecule has 1 heterocycles. The van der Waals surface area contributed by atoms with Crippen molar-refractivity contribution in [3.05, 3.63) is 28.6 Å². The topological polar surface area (TPSA) is 36.7 Å². The highest BCUT2D eigenvalue weighted by Gasteiger charge is 2.42. The van der Waals surface area contributed by atoms with Gasteiger partial charge in [-0.1, -0.05) is 0 Å². The molecule has 0 atom stereocenters. The van der Waals surface area contributed by atoms with Crippen LogP contribution in [0.15, 0.2) is 6.07 Å². The molecule has 0 saturated carbocycles. The smallest absolute Gasteiger partial charge is 0.248 e. The van der Waals surface area contributed by atoms with Crippen molar-refractivity contribution in [3.63, 3.8) is 0 Å². The minimum absolute atomic E-state index is 0.406. The average molecular weight is 268 g/mol. The maximum atomic E-state index is 12.6. The number of nitriles is 1. The zero-order chi connectivity index (χ0) is 14.1. The molecule has 0 aromatic carbocycles. The lowest BCUT2D eigenvalue weighted by molar-refractivity contribution is -0.146. The van der Waals surface area contributed by atoms with Crippen LogP contribution in [-0.4, -0.2) is 4.98 Å². The first-order valence-corrected chi connectivity index (χ1v) is 4.59. The Labute approximate surface area is 97.9 Å². The monoisotopic (exact) mass is 268 g/mol. The SMILES string of the molecule is Cc1cc(C(F)(F)F)c(CC#N)c(C(F)(F)F)n1. The maximum Gasteiger partial charge on any atom is 0.433 e. The summed E-state index contributed by atoms with van der Waals surface area (Å²) in [6, 6.07) is 1.79. The van der Waals surface area contributed by atoms with E-state index in [0.29, 0.717) is 6.07 Å². The van der Waals surface area contributed by atoms with E-state index in [1.54, 1.807) is 0 Å². The Morgan fingerprint density at radius 1 is 1.17 bits per heavy atom. The van der Waals surface area contributed by atoms with Crippen LogP contribution >= 0.6 is 0 Å². The number of halogens is 6. The number of aromatic nitrogens is 1. The lowest BCUT2D eigenvalue weighted by Gasteiger charge is -2.17. The van der Waals surface area contributed by atoms with Crippen molar-refractivity contribution in [2.75, 3.05) is 0 Å². The van der Waals surface area contributed by atoms with Gasteiger partial charge in [0.05, 0.1) is 18.1 Å². The Morgan fingerprint density at radius 3 is 2.11 bits per heavy atom. The van der Waals surface area contributed by atoms with E-state index in [0.717, 1.165) is 6.92 Å². The van der Waals surface area contributed by atoms with Gasteiger partial charge in [-0.25, -0.2) is 4.98 Å². The van der Waals surface area contributed by atoms with Gasteiger partial charge in [-0.05, 0) is 13.0 Å². The van der Waals surface area contributed by atoms with E-state index >= 15 is 0 Å². The molecule has 2 nitrogen and oxygen atoms in total. The number of hydrogen-bond donors (Lipinski definition) is 0. The largest absolute Gasteiger partial charge is 0.433 e. The summed E-state index contributed by atoms with van der Waals surface area (Å²) >= 11 is 0. The summed E-state index contributed by atoms with van der Waals surface area (Å²) in [5.74, 6) is 0. The highest BCUT2D eigenvalue weighted by atomic mass is 19.4. The number of hydrogen-bond acceptors (Lipinski definition) is 2. The predicted octanol–water partition coefficient (Wildman–Crippen LogP) is 3.49. The van der Waals surface area contributed by atoms with Crippen molar-refractivity contribution in [1.29, 1.82) is 5.26 Å². The molecular formula is C10H6F6N2. The van der Waals surface area contributed by atoms with Crippen molar-refractivity contribution in [2.45, 2.75) is 25.7 Å².